The highest BCUT2D eigenvalue weighted by Crippen LogP contribution is 2.55. The molecule has 4 amide bonds. The van der Waals surface area contributed by atoms with Gasteiger partial charge in [-0.05, 0) is 81.9 Å². The van der Waals surface area contributed by atoms with Crippen molar-refractivity contribution in [1.82, 2.24) is 25.2 Å². The van der Waals surface area contributed by atoms with Gasteiger partial charge >= 0.3 is 6.09 Å². The second kappa shape index (κ2) is 14.9. The van der Waals surface area contributed by atoms with Crippen LogP contribution in [0.25, 0.3) is 10.9 Å². The lowest BCUT2D eigenvalue weighted by Crippen LogP contribution is -2.58. The number of alkyl carbamates (subject to hydrolysis) is 1. The molecule has 1 aromatic heterocycles. The Hall–Kier alpha value is -4.47. The minimum atomic E-state index is -4.04. The Morgan fingerprint density at radius 2 is 1.85 bits per heavy atom. The minimum absolute atomic E-state index is 0.0643. The highest BCUT2D eigenvalue weighted by Gasteiger charge is 2.64. The summed E-state index contributed by atoms with van der Waals surface area (Å²) in [5.74, 6) is -1.68. The van der Waals surface area contributed by atoms with Crippen LogP contribution in [0.1, 0.15) is 128 Å². The molecular formula is C43H56FN5O9S. The summed E-state index contributed by atoms with van der Waals surface area (Å²) in [6.45, 7) is 7.25. The van der Waals surface area contributed by atoms with E-state index in [4.69, 9.17) is 19.2 Å². The van der Waals surface area contributed by atoms with Crippen LogP contribution in [0, 0.1) is 11.3 Å². The van der Waals surface area contributed by atoms with Crippen molar-refractivity contribution in [1.29, 1.82) is 0 Å². The average Bonchev–Trinajstić information content (AvgIpc) is 4.11. The summed E-state index contributed by atoms with van der Waals surface area (Å²) in [6.07, 6.45) is 6.83. The summed E-state index contributed by atoms with van der Waals surface area (Å²) >= 11 is 0. The number of alkyl halides is 1. The van der Waals surface area contributed by atoms with Gasteiger partial charge in [0.2, 0.25) is 21.8 Å². The van der Waals surface area contributed by atoms with E-state index in [0.29, 0.717) is 59.3 Å². The summed E-state index contributed by atoms with van der Waals surface area (Å²) in [7, 11) is -2.51. The third-order valence-corrected chi connectivity index (χ3v) is 15.1. The number of methoxy groups -OCH3 is 1. The quantitative estimate of drug-likeness (QED) is 0.289. The Bertz CT molecular complexity index is 2200. The van der Waals surface area contributed by atoms with Gasteiger partial charge in [-0.3, -0.25) is 19.1 Å². The number of allylic oxidation sites excluding steroid dienone is 1. The SMILES string of the molecule is COc1ccc2nc(C3CC3)c3c(c2c1)[C@H](F)C[C@]1(C[C@H]2C(=O)N[C@]4(C(=O)NS(=O)(=O)C5(C)CC5)C[C@H]4/C=C\CCCCC[C@H](NC(=O)OCC(C)(C)C)C(=O)N2C1)O3. The van der Waals surface area contributed by atoms with Crippen molar-refractivity contribution in [3.05, 3.63) is 41.6 Å². The van der Waals surface area contributed by atoms with Crippen LogP contribution in [-0.2, 0) is 29.1 Å². The first-order chi connectivity index (χ1) is 27.9. The molecule has 320 valence electrons. The number of nitrogens with zero attached hydrogens (tertiary/aromatic N) is 2. The fourth-order valence-corrected chi connectivity index (χ4v) is 10.1. The van der Waals surface area contributed by atoms with Gasteiger partial charge in [-0.25, -0.2) is 22.6 Å². The topological polar surface area (TPSA) is 182 Å². The van der Waals surface area contributed by atoms with Crippen LogP contribution in [0.5, 0.6) is 11.5 Å². The van der Waals surface area contributed by atoms with Gasteiger partial charge in [0.05, 0.1) is 36.2 Å². The molecule has 0 radical (unpaired) electrons. The second-order valence-corrected chi connectivity index (χ2v) is 21.3. The number of carbonyl (C=O) groups is 4. The molecule has 6 aliphatic rings. The number of pyridine rings is 1. The van der Waals surface area contributed by atoms with E-state index >= 15 is 4.39 Å². The lowest BCUT2D eigenvalue weighted by molar-refractivity contribution is -0.141. The van der Waals surface area contributed by atoms with Gasteiger partial charge in [-0.2, -0.15) is 0 Å². The van der Waals surface area contributed by atoms with E-state index in [1.807, 2.05) is 32.9 Å². The number of sulfonamides is 1. The van der Waals surface area contributed by atoms with Crippen LogP contribution >= 0.6 is 0 Å². The predicted molar refractivity (Wildman–Crippen MR) is 216 cm³/mol. The standard InChI is InChI=1S/C43H56FN5O9S/c1-40(2,3)24-57-39(53)46-31-12-10-8-6-7-9-11-26-20-43(26,38(52)48-59(54,55)41(4)17-18-41)47-36(50)32-22-42(23-49(32)37(31)51)21-29(44)33-28-19-27(56-5)15-16-30(28)45-34(25-13-14-25)35(33)58-42/h9,11,15-16,19,25-26,29,31-32H,6-8,10,12-14,17-18,20-24H2,1-5H3,(H,46,53)(H,47,50)(H,48,52)/b11-9-/t26-,29-,31+,32+,42-,43-/m1/s1. The first kappa shape index (κ1) is 41.3. The van der Waals surface area contributed by atoms with Crippen molar-refractivity contribution >= 4 is 44.7 Å². The molecule has 1 aromatic carbocycles. The van der Waals surface area contributed by atoms with Crippen LogP contribution in [0.4, 0.5) is 9.18 Å². The number of carbonyl (C=O) groups excluding carboxylic acids is 4. The largest absolute Gasteiger partial charge is 0.497 e. The maximum absolute atomic E-state index is 17.1. The van der Waals surface area contributed by atoms with E-state index in [-0.39, 0.29) is 50.2 Å². The number of aromatic nitrogens is 1. The molecule has 1 saturated heterocycles. The summed E-state index contributed by atoms with van der Waals surface area (Å²) in [6, 6.07) is 2.98. The molecular weight excluding hydrogens is 782 g/mol. The minimum Gasteiger partial charge on any atom is -0.497 e. The van der Waals surface area contributed by atoms with Crippen LogP contribution in [0.15, 0.2) is 30.4 Å². The Morgan fingerprint density at radius 1 is 1.08 bits per heavy atom. The summed E-state index contributed by atoms with van der Waals surface area (Å²) in [5, 5.41) is 6.22. The predicted octanol–water partition coefficient (Wildman–Crippen LogP) is 5.79. The molecule has 3 aliphatic heterocycles. The summed E-state index contributed by atoms with van der Waals surface area (Å²) in [4.78, 5) is 63.1. The fourth-order valence-electron chi connectivity index (χ4n) is 8.81. The highest BCUT2D eigenvalue weighted by molar-refractivity contribution is 7.91. The molecule has 3 aliphatic carbocycles. The second-order valence-electron chi connectivity index (χ2n) is 19.1. The molecule has 8 rings (SSSR count). The molecule has 59 heavy (non-hydrogen) atoms. The number of benzene rings is 1. The number of fused-ring (bicyclic) bond motifs is 5. The van der Waals surface area contributed by atoms with Gasteiger partial charge in [0.25, 0.3) is 5.91 Å². The van der Waals surface area contributed by atoms with Crippen molar-refractivity contribution in [2.45, 2.75) is 145 Å². The van der Waals surface area contributed by atoms with Crippen molar-refractivity contribution in [3.8, 4) is 11.5 Å². The Balaban J connectivity index is 1.16. The van der Waals surface area contributed by atoms with E-state index < -0.39 is 73.9 Å². The first-order valence-electron chi connectivity index (χ1n) is 21.0. The zero-order chi connectivity index (χ0) is 42.1. The van der Waals surface area contributed by atoms with Crippen LogP contribution < -0.4 is 24.8 Å². The van der Waals surface area contributed by atoms with E-state index in [0.717, 1.165) is 25.7 Å². The summed E-state index contributed by atoms with van der Waals surface area (Å²) < 4.78 is 62.7. The molecule has 4 heterocycles. The molecule has 0 bridgehead atoms. The monoisotopic (exact) mass is 837 g/mol. The van der Waals surface area contributed by atoms with Crippen LogP contribution in [-0.4, -0.2) is 90.3 Å². The third kappa shape index (κ3) is 8.09. The molecule has 1 spiro atoms. The number of amides is 4. The molecule has 14 nitrogen and oxygen atoms in total. The molecule has 0 unspecified atom stereocenters. The normalized spacial score (nSPS) is 31.0. The molecule has 16 heteroatoms. The Morgan fingerprint density at radius 3 is 2.54 bits per heavy atom. The number of nitrogens with one attached hydrogen (secondary N) is 3. The maximum Gasteiger partial charge on any atom is 0.407 e. The number of hydrogen-bond donors (Lipinski definition) is 3. The first-order valence-corrected chi connectivity index (χ1v) is 22.5. The zero-order valence-corrected chi connectivity index (χ0v) is 35.3. The Kier molecular flexibility index (Phi) is 10.4. The fraction of sp³-hybridized carbons (Fsp3) is 0.651. The van der Waals surface area contributed by atoms with Gasteiger partial charge in [-0.15, -0.1) is 0 Å². The van der Waals surface area contributed by atoms with Crippen molar-refractivity contribution in [2.24, 2.45) is 11.3 Å². The average molecular weight is 838 g/mol. The number of hydrogen-bond acceptors (Lipinski definition) is 10. The molecule has 3 N–H and O–H groups in total. The Labute approximate surface area is 344 Å². The van der Waals surface area contributed by atoms with Gasteiger partial charge in [0.1, 0.15) is 40.9 Å². The van der Waals surface area contributed by atoms with Crippen LogP contribution in [0.2, 0.25) is 0 Å². The van der Waals surface area contributed by atoms with E-state index in [2.05, 4.69) is 15.4 Å². The lowest BCUT2D eigenvalue weighted by atomic mass is 9.85. The lowest BCUT2D eigenvalue weighted by Gasteiger charge is -2.38. The summed E-state index contributed by atoms with van der Waals surface area (Å²) in [5.41, 5.74) is -1.70. The maximum atomic E-state index is 17.1. The number of rotatable bonds is 7. The molecule has 6 atom stereocenters. The van der Waals surface area contributed by atoms with Gasteiger partial charge < -0.3 is 29.7 Å². The van der Waals surface area contributed by atoms with Crippen LogP contribution in [0.3, 0.4) is 0 Å². The number of halogens is 1. The third-order valence-electron chi connectivity index (χ3n) is 12.9. The molecule has 2 aromatic rings. The smallest absolute Gasteiger partial charge is 0.407 e. The van der Waals surface area contributed by atoms with Gasteiger partial charge in [0.15, 0.2) is 0 Å². The highest BCUT2D eigenvalue weighted by atomic mass is 32.2. The van der Waals surface area contributed by atoms with E-state index in [1.54, 1.807) is 25.1 Å². The zero-order valence-electron chi connectivity index (χ0n) is 34.5. The van der Waals surface area contributed by atoms with Gasteiger partial charge in [-0.1, -0.05) is 45.8 Å². The van der Waals surface area contributed by atoms with Gasteiger partial charge in [0, 0.05) is 35.6 Å². The van der Waals surface area contributed by atoms with Crippen molar-refractivity contribution in [2.75, 3.05) is 20.3 Å². The van der Waals surface area contributed by atoms with Crippen molar-refractivity contribution < 1.29 is 46.2 Å². The van der Waals surface area contributed by atoms with Crippen molar-refractivity contribution in [3.63, 3.8) is 0 Å². The number of ether oxygens (including phenoxy) is 3. The molecule has 4 fully saturated rings. The van der Waals surface area contributed by atoms with E-state index in [1.165, 1.54) is 12.0 Å². The molecule has 3 saturated carbocycles. The van der Waals surface area contributed by atoms with E-state index in [9.17, 15) is 27.6 Å².